The third-order valence-corrected chi connectivity index (χ3v) is 6.46. The Kier molecular flexibility index (Phi) is 6.63. The minimum Gasteiger partial charge on any atom is -0.494 e. The maximum atomic E-state index is 12.8. The molecule has 0 aliphatic rings. The molecule has 1 unspecified atom stereocenters. The van der Waals surface area contributed by atoms with Crippen LogP contribution in [0.15, 0.2) is 71.2 Å². The molecule has 0 aliphatic carbocycles. The van der Waals surface area contributed by atoms with Crippen LogP contribution in [0.3, 0.4) is 0 Å². The first-order valence-electron chi connectivity index (χ1n) is 9.59. The minimum absolute atomic E-state index is 0.0991. The van der Waals surface area contributed by atoms with Crippen molar-refractivity contribution in [2.45, 2.75) is 18.1 Å². The summed E-state index contributed by atoms with van der Waals surface area (Å²) in [7, 11) is 1.60. The van der Waals surface area contributed by atoms with Crippen molar-refractivity contribution in [3.8, 4) is 11.4 Å². The van der Waals surface area contributed by atoms with E-state index in [0.29, 0.717) is 10.9 Å². The Morgan fingerprint density at radius 1 is 1.19 bits per heavy atom. The Hall–Kier alpha value is -3.17. The van der Waals surface area contributed by atoms with Gasteiger partial charge >= 0.3 is 0 Å². The Bertz CT molecular complexity index is 1150. The molecule has 2 aromatic carbocycles. The lowest BCUT2D eigenvalue weighted by molar-refractivity contribution is -0.119. The number of aryl methyl sites for hydroxylation is 1. The van der Waals surface area contributed by atoms with Gasteiger partial charge in [-0.25, -0.2) is 0 Å². The highest BCUT2D eigenvalue weighted by molar-refractivity contribution is 7.99. The summed E-state index contributed by atoms with van der Waals surface area (Å²) in [6.45, 7) is 1.99. The summed E-state index contributed by atoms with van der Waals surface area (Å²) in [5.74, 6) is 0.743. The number of nitrogens with one attached hydrogen (secondary N) is 1. The fourth-order valence-corrected chi connectivity index (χ4v) is 4.64. The van der Waals surface area contributed by atoms with Crippen LogP contribution in [-0.4, -0.2) is 39.0 Å². The molecule has 0 aliphatic heterocycles. The number of thioether (sulfide) groups is 1. The van der Waals surface area contributed by atoms with E-state index in [1.807, 2.05) is 73.0 Å². The lowest BCUT2D eigenvalue weighted by atomic mass is 10.1. The van der Waals surface area contributed by atoms with E-state index < -0.39 is 0 Å². The average molecular weight is 452 g/mol. The number of methoxy groups -OCH3 is 1. The van der Waals surface area contributed by atoms with Gasteiger partial charge in [-0.05, 0) is 52.1 Å². The van der Waals surface area contributed by atoms with Gasteiger partial charge in [0.1, 0.15) is 11.4 Å². The monoisotopic (exact) mass is 451 g/mol. The van der Waals surface area contributed by atoms with Gasteiger partial charge < -0.3 is 10.1 Å². The molecular weight excluding hydrogens is 430 g/mol. The standard InChI is InChI=1S/C22H21N5O2S2/c1-15-10-11-18(29-2)17(13-15)27-22(24-25-26-27)31-14-20(28)23-21(19-9-6-12-30-19)16-7-4-3-5-8-16/h3-13,21H,14H2,1-2H3,(H,23,28). The number of carbonyl (C=O) groups excluding carboxylic acids is 1. The van der Waals surface area contributed by atoms with Gasteiger partial charge in [-0.1, -0.05) is 54.2 Å². The Balaban J connectivity index is 1.49. The predicted molar refractivity (Wildman–Crippen MR) is 122 cm³/mol. The molecule has 158 valence electrons. The number of tetrazole rings is 1. The van der Waals surface area contributed by atoms with Crippen molar-refractivity contribution in [2.75, 3.05) is 12.9 Å². The molecule has 0 saturated heterocycles. The van der Waals surface area contributed by atoms with Gasteiger partial charge in [-0.15, -0.1) is 16.4 Å². The smallest absolute Gasteiger partial charge is 0.231 e. The highest BCUT2D eigenvalue weighted by Crippen LogP contribution is 2.28. The van der Waals surface area contributed by atoms with Gasteiger partial charge in [0, 0.05) is 4.88 Å². The minimum atomic E-state index is -0.192. The van der Waals surface area contributed by atoms with Crippen molar-refractivity contribution in [3.05, 3.63) is 82.0 Å². The summed E-state index contributed by atoms with van der Waals surface area (Å²) < 4.78 is 7.04. The van der Waals surface area contributed by atoms with E-state index in [1.54, 1.807) is 23.1 Å². The molecule has 4 rings (SSSR count). The van der Waals surface area contributed by atoms with E-state index in [2.05, 4.69) is 20.8 Å². The van der Waals surface area contributed by atoms with Crippen LogP contribution in [0.25, 0.3) is 5.69 Å². The lowest BCUT2D eigenvalue weighted by Crippen LogP contribution is -2.30. The number of hydrogen-bond acceptors (Lipinski definition) is 7. The molecule has 2 heterocycles. The fourth-order valence-electron chi connectivity index (χ4n) is 3.14. The molecule has 31 heavy (non-hydrogen) atoms. The molecule has 0 spiro atoms. The van der Waals surface area contributed by atoms with Gasteiger partial charge in [-0.2, -0.15) is 4.68 Å². The highest BCUT2D eigenvalue weighted by atomic mass is 32.2. The summed E-state index contributed by atoms with van der Waals surface area (Å²) in [5.41, 5.74) is 2.83. The number of thiophene rings is 1. The third-order valence-electron chi connectivity index (χ3n) is 4.60. The average Bonchev–Trinajstić information content (AvgIpc) is 3.49. The quantitative estimate of drug-likeness (QED) is 0.407. The zero-order valence-electron chi connectivity index (χ0n) is 17.1. The Labute approximate surface area is 188 Å². The maximum Gasteiger partial charge on any atom is 0.231 e. The van der Waals surface area contributed by atoms with Crippen molar-refractivity contribution in [2.24, 2.45) is 0 Å². The van der Waals surface area contributed by atoms with Crippen molar-refractivity contribution in [1.82, 2.24) is 25.5 Å². The highest BCUT2D eigenvalue weighted by Gasteiger charge is 2.19. The zero-order valence-corrected chi connectivity index (χ0v) is 18.7. The lowest BCUT2D eigenvalue weighted by Gasteiger charge is -2.18. The summed E-state index contributed by atoms with van der Waals surface area (Å²) in [5, 5.41) is 17.6. The molecule has 0 radical (unpaired) electrons. The van der Waals surface area contributed by atoms with Crippen molar-refractivity contribution >= 4 is 29.0 Å². The summed E-state index contributed by atoms with van der Waals surface area (Å²) in [6, 6.07) is 19.5. The fraction of sp³-hybridized carbons (Fsp3) is 0.182. The van der Waals surface area contributed by atoms with E-state index in [0.717, 1.165) is 21.7 Å². The Morgan fingerprint density at radius 2 is 2.03 bits per heavy atom. The number of amides is 1. The second kappa shape index (κ2) is 9.76. The van der Waals surface area contributed by atoms with Crippen LogP contribution < -0.4 is 10.1 Å². The van der Waals surface area contributed by atoms with E-state index in [4.69, 9.17) is 4.74 Å². The summed E-state index contributed by atoms with van der Waals surface area (Å²) >= 11 is 2.90. The normalized spacial score (nSPS) is 11.8. The van der Waals surface area contributed by atoms with E-state index in [1.165, 1.54) is 11.8 Å². The molecule has 2 aromatic heterocycles. The van der Waals surface area contributed by atoms with Crippen LogP contribution in [0.4, 0.5) is 0 Å². The number of hydrogen-bond donors (Lipinski definition) is 1. The summed E-state index contributed by atoms with van der Waals surface area (Å²) in [6.07, 6.45) is 0. The van der Waals surface area contributed by atoms with Gasteiger partial charge in [0.25, 0.3) is 0 Å². The van der Waals surface area contributed by atoms with Crippen LogP contribution in [0.1, 0.15) is 22.0 Å². The molecule has 7 nitrogen and oxygen atoms in total. The third kappa shape index (κ3) is 4.95. The van der Waals surface area contributed by atoms with E-state index >= 15 is 0 Å². The van der Waals surface area contributed by atoms with Crippen LogP contribution >= 0.6 is 23.1 Å². The van der Waals surface area contributed by atoms with Gasteiger partial charge in [0.2, 0.25) is 11.1 Å². The first-order chi connectivity index (χ1) is 15.2. The van der Waals surface area contributed by atoms with Crippen LogP contribution in [0.5, 0.6) is 5.75 Å². The molecule has 1 amide bonds. The topological polar surface area (TPSA) is 81.9 Å². The second-order valence-corrected chi connectivity index (χ2v) is 8.69. The molecule has 4 aromatic rings. The van der Waals surface area contributed by atoms with Gasteiger partial charge in [0.05, 0.1) is 18.9 Å². The molecule has 9 heteroatoms. The maximum absolute atomic E-state index is 12.8. The molecule has 0 saturated carbocycles. The van der Waals surface area contributed by atoms with Crippen molar-refractivity contribution in [3.63, 3.8) is 0 Å². The largest absolute Gasteiger partial charge is 0.494 e. The van der Waals surface area contributed by atoms with Crippen molar-refractivity contribution in [1.29, 1.82) is 0 Å². The number of ether oxygens (including phenoxy) is 1. The first-order valence-corrected chi connectivity index (χ1v) is 11.5. The van der Waals surface area contributed by atoms with E-state index in [9.17, 15) is 4.79 Å². The van der Waals surface area contributed by atoms with E-state index in [-0.39, 0.29) is 17.7 Å². The first kappa shape index (κ1) is 21.1. The molecular formula is C22H21N5O2S2. The number of rotatable bonds is 8. The number of benzene rings is 2. The molecule has 1 N–H and O–H groups in total. The Morgan fingerprint density at radius 3 is 2.77 bits per heavy atom. The molecule has 0 fully saturated rings. The van der Waals surface area contributed by atoms with Crippen LogP contribution in [0.2, 0.25) is 0 Å². The summed E-state index contributed by atoms with van der Waals surface area (Å²) in [4.78, 5) is 13.9. The number of aromatic nitrogens is 4. The SMILES string of the molecule is COc1ccc(C)cc1-n1nnnc1SCC(=O)NC(c1ccccc1)c1cccs1. The van der Waals surface area contributed by atoms with Gasteiger partial charge in [0.15, 0.2) is 0 Å². The van der Waals surface area contributed by atoms with Crippen LogP contribution in [-0.2, 0) is 4.79 Å². The molecule has 1 atom stereocenters. The number of carbonyl (C=O) groups is 1. The zero-order chi connectivity index (χ0) is 21.6. The van der Waals surface area contributed by atoms with Crippen LogP contribution in [0, 0.1) is 6.92 Å². The number of nitrogens with zero attached hydrogens (tertiary/aromatic N) is 4. The molecule has 0 bridgehead atoms. The van der Waals surface area contributed by atoms with Crippen molar-refractivity contribution < 1.29 is 9.53 Å². The second-order valence-electron chi connectivity index (χ2n) is 6.76. The van der Waals surface area contributed by atoms with Gasteiger partial charge in [-0.3, -0.25) is 4.79 Å². The predicted octanol–water partition coefficient (Wildman–Crippen LogP) is 4.04.